The molecule has 1 amide bonds. The van der Waals surface area contributed by atoms with Crippen molar-refractivity contribution in [2.75, 3.05) is 27.2 Å². The summed E-state index contributed by atoms with van der Waals surface area (Å²) in [7, 11) is -0.367. The lowest BCUT2D eigenvalue weighted by atomic mass is 9.90. The number of carbonyl (C=O) groups excluding carboxylic acids is 1. The molecule has 2 rings (SSSR count). The van der Waals surface area contributed by atoms with Crippen LogP contribution in [0.15, 0.2) is 0 Å². The van der Waals surface area contributed by atoms with Crippen LogP contribution in [0.2, 0.25) is 0 Å². The van der Waals surface area contributed by atoms with Gasteiger partial charge in [0.05, 0.1) is 5.92 Å². The van der Waals surface area contributed by atoms with E-state index in [9.17, 15) is 13.2 Å². The van der Waals surface area contributed by atoms with Crippen molar-refractivity contribution < 1.29 is 13.2 Å². The fraction of sp³-hybridized carbons (Fsp3) is 0.938. The van der Waals surface area contributed by atoms with Crippen molar-refractivity contribution in [2.45, 2.75) is 63.8 Å². The second kappa shape index (κ2) is 7.49. The predicted octanol–water partition coefficient (Wildman–Crippen LogP) is 1.73. The van der Waals surface area contributed by atoms with Gasteiger partial charge in [-0.25, -0.2) is 0 Å². The molecule has 1 heterocycles. The quantitative estimate of drug-likeness (QED) is 0.789. The lowest BCUT2D eigenvalue weighted by molar-refractivity contribution is -0.128. The van der Waals surface area contributed by atoms with Gasteiger partial charge in [0, 0.05) is 32.7 Å². The largest absolute Gasteiger partial charge is 0.351 e. The number of nitrogens with one attached hydrogen (secondary N) is 1. The third-order valence-corrected chi connectivity index (χ3v) is 7.08. The molecule has 1 atom stereocenters. The Balaban J connectivity index is 1.99. The molecule has 2 aliphatic rings. The summed E-state index contributed by atoms with van der Waals surface area (Å²) >= 11 is 0. The molecule has 1 aliphatic carbocycles. The van der Waals surface area contributed by atoms with Gasteiger partial charge in [0.2, 0.25) is 5.91 Å². The Hall–Kier alpha value is -0.660. The molecule has 134 valence electrons. The van der Waals surface area contributed by atoms with Crippen LogP contribution >= 0.6 is 0 Å². The highest BCUT2D eigenvalue weighted by atomic mass is 32.2. The van der Waals surface area contributed by atoms with Gasteiger partial charge < -0.3 is 5.32 Å². The summed E-state index contributed by atoms with van der Waals surface area (Å²) in [6.07, 6.45) is 8.33. The summed E-state index contributed by atoms with van der Waals surface area (Å²) in [6.45, 7) is 2.93. The summed E-state index contributed by atoms with van der Waals surface area (Å²) in [5.74, 6) is -0.216. The number of amides is 1. The number of carbonyl (C=O) groups is 1. The van der Waals surface area contributed by atoms with Gasteiger partial charge in [0.15, 0.2) is 0 Å². The van der Waals surface area contributed by atoms with E-state index in [1.165, 1.54) is 35.5 Å². The smallest absolute Gasteiger partial charge is 0.281 e. The predicted molar refractivity (Wildman–Crippen MR) is 91.2 cm³/mol. The molecule has 0 aromatic rings. The molecule has 0 aromatic heterocycles. The maximum absolute atomic E-state index is 12.7. The Kier molecular flexibility index (Phi) is 6.08. The van der Waals surface area contributed by atoms with E-state index in [1.807, 2.05) is 0 Å². The molecule has 0 aromatic carbocycles. The van der Waals surface area contributed by atoms with Gasteiger partial charge in [-0.3, -0.25) is 4.79 Å². The molecule has 6 nitrogen and oxygen atoms in total. The lowest BCUT2D eigenvalue weighted by Crippen LogP contribution is -2.53. The third-order valence-electron chi connectivity index (χ3n) is 5.17. The Morgan fingerprint density at radius 3 is 2.30 bits per heavy atom. The van der Waals surface area contributed by atoms with Crippen LogP contribution in [0.3, 0.4) is 0 Å². The van der Waals surface area contributed by atoms with Crippen LogP contribution in [-0.2, 0) is 15.0 Å². The van der Waals surface area contributed by atoms with Gasteiger partial charge in [-0.2, -0.15) is 17.0 Å². The molecule has 0 bridgehead atoms. The Morgan fingerprint density at radius 1 is 1.13 bits per heavy atom. The number of hydrogen-bond acceptors (Lipinski definition) is 3. The minimum atomic E-state index is -3.43. The minimum Gasteiger partial charge on any atom is -0.351 e. The monoisotopic (exact) mass is 345 g/mol. The minimum absolute atomic E-state index is 0.0213. The number of hydrogen-bond donors (Lipinski definition) is 1. The zero-order chi connectivity index (χ0) is 17.1. The van der Waals surface area contributed by atoms with E-state index in [0.29, 0.717) is 13.1 Å². The van der Waals surface area contributed by atoms with Crippen LogP contribution in [0.4, 0.5) is 0 Å². The van der Waals surface area contributed by atoms with Crippen LogP contribution in [0.5, 0.6) is 0 Å². The Bertz CT molecular complexity index is 511. The molecule has 7 heteroatoms. The molecule has 0 spiro atoms. The summed E-state index contributed by atoms with van der Waals surface area (Å²) in [4.78, 5) is 12.7. The number of piperidine rings is 1. The number of rotatable bonds is 4. The van der Waals surface area contributed by atoms with Crippen LogP contribution in [-0.4, -0.2) is 55.7 Å². The van der Waals surface area contributed by atoms with Crippen LogP contribution in [0.1, 0.15) is 58.3 Å². The van der Waals surface area contributed by atoms with E-state index in [-0.39, 0.29) is 17.4 Å². The first-order valence-electron chi connectivity index (χ1n) is 8.74. The molecular weight excluding hydrogens is 314 g/mol. The molecule has 0 unspecified atom stereocenters. The van der Waals surface area contributed by atoms with Crippen molar-refractivity contribution in [1.29, 1.82) is 0 Å². The molecule has 1 N–H and O–H groups in total. The van der Waals surface area contributed by atoms with Gasteiger partial charge >= 0.3 is 0 Å². The SMILES string of the molecule is CN(C)S(=O)(=O)N1CCC[C@H](C(=O)NC2(C)CCCCCC2)C1. The zero-order valence-electron chi connectivity index (χ0n) is 14.7. The summed E-state index contributed by atoms with van der Waals surface area (Å²) < 4.78 is 27.2. The molecule has 1 aliphatic heterocycles. The maximum Gasteiger partial charge on any atom is 0.281 e. The molecule has 1 saturated heterocycles. The standard InChI is InChI=1S/C16H31N3O3S/c1-16(10-6-4-5-7-11-16)17-15(20)14-9-8-12-19(13-14)23(21,22)18(2)3/h14H,4-13H2,1-3H3,(H,17,20)/t14-/m0/s1. The van der Waals surface area contributed by atoms with Crippen LogP contribution in [0.25, 0.3) is 0 Å². The molecule has 1 saturated carbocycles. The van der Waals surface area contributed by atoms with Crippen LogP contribution < -0.4 is 5.32 Å². The molecular formula is C16H31N3O3S. The summed E-state index contributed by atoms with van der Waals surface area (Å²) in [5, 5.41) is 3.23. The van der Waals surface area contributed by atoms with Crippen molar-refractivity contribution >= 4 is 16.1 Å². The van der Waals surface area contributed by atoms with Gasteiger partial charge in [0.1, 0.15) is 0 Å². The topological polar surface area (TPSA) is 69.7 Å². The average molecular weight is 346 g/mol. The molecule has 23 heavy (non-hydrogen) atoms. The van der Waals surface area contributed by atoms with E-state index >= 15 is 0 Å². The van der Waals surface area contributed by atoms with Gasteiger partial charge in [-0.1, -0.05) is 25.7 Å². The summed E-state index contributed by atoms with van der Waals surface area (Å²) in [6, 6.07) is 0. The normalized spacial score (nSPS) is 26.7. The first-order chi connectivity index (χ1) is 10.7. The van der Waals surface area contributed by atoms with Crippen molar-refractivity contribution in [3.63, 3.8) is 0 Å². The summed E-state index contributed by atoms with van der Waals surface area (Å²) in [5.41, 5.74) is -0.129. The highest BCUT2D eigenvalue weighted by molar-refractivity contribution is 7.86. The Labute approximate surface area is 140 Å². The van der Waals surface area contributed by atoms with Gasteiger partial charge in [0.25, 0.3) is 10.2 Å². The van der Waals surface area contributed by atoms with Gasteiger partial charge in [-0.05, 0) is 32.6 Å². The van der Waals surface area contributed by atoms with E-state index in [1.54, 1.807) is 0 Å². The average Bonchev–Trinajstić information content (AvgIpc) is 2.71. The lowest BCUT2D eigenvalue weighted by Gasteiger charge is -2.36. The Morgan fingerprint density at radius 2 is 1.74 bits per heavy atom. The van der Waals surface area contributed by atoms with E-state index in [2.05, 4.69) is 12.2 Å². The zero-order valence-corrected chi connectivity index (χ0v) is 15.5. The fourth-order valence-electron chi connectivity index (χ4n) is 3.63. The molecule has 2 fully saturated rings. The van der Waals surface area contributed by atoms with Gasteiger partial charge in [-0.15, -0.1) is 0 Å². The fourth-order valence-corrected chi connectivity index (χ4v) is 4.82. The van der Waals surface area contributed by atoms with Crippen molar-refractivity contribution in [3.8, 4) is 0 Å². The third kappa shape index (κ3) is 4.67. The second-order valence-corrected chi connectivity index (χ2v) is 9.59. The van der Waals surface area contributed by atoms with Crippen molar-refractivity contribution in [2.24, 2.45) is 5.92 Å². The highest BCUT2D eigenvalue weighted by Gasteiger charge is 2.36. The molecule has 0 radical (unpaired) electrons. The first-order valence-corrected chi connectivity index (χ1v) is 10.1. The second-order valence-electron chi connectivity index (χ2n) is 7.45. The maximum atomic E-state index is 12.7. The first kappa shape index (κ1) is 18.7. The van der Waals surface area contributed by atoms with Crippen molar-refractivity contribution in [3.05, 3.63) is 0 Å². The van der Waals surface area contributed by atoms with E-state index < -0.39 is 10.2 Å². The highest BCUT2D eigenvalue weighted by Crippen LogP contribution is 2.28. The van der Waals surface area contributed by atoms with Crippen LogP contribution in [0, 0.1) is 5.92 Å². The van der Waals surface area contributed by atoms with E-state index in [4.69, 9.17) is 0 Å². The van der Waals surface area contributed by atoms with E-state index in [0.717, 1.165) is 38.5 Å². The van der Waals surface area contributed by atoms with Crippen molar-refractivity contribution in [1.82, 2.24) is 13.9 Å². The number of nitrogens with zero attached hydrogens (tertiary/aromatic N) is 2.